The number of nitrogens with zero attached hydrogens (tertiary/aromatic N) is 1. The predicted molar refractivity (Wildman–Crippen MR) is 91.9 cm³/mol. The second-order valence-electron chi connectivity index (χ2n) is 4.60. The summed E-state index contributed by atoms with van der Waals surface area (Å²) in [6.45, 7) is 0. The van der Waals surface area contributed by atoms with Gasteiger partial charge in [-0.1, -0.05) is 48.2 Å². The van der Waals surface area contributed by atoms with E-state index in [4.69, 9.17) is 12.2 Å². The van der Waals surface area contributed by atoms with Gasteiger partial charge in [-0.05, 0) is 35.9 Å². The van der Waals surface area contributed by atoms with Gasteiger partial charge in [0.25, 0.3) is 5.91 Å². The van der Waals surface area contributed by atoms with E-state index in [0.717, 1.165) is 5.69 Å². The first kappa shape index (κ1) is 14.6. The molecule has 110 valence electrons. The molecule has 1 amide bonds. The van der Waals surface area contributed by atoms with E-state index in [2.05, 4.69) is 0 Å². The Kier molecular flexibility index (Phi) is 3.87. The maximum absolute atomic E-state index is 12.5. The SMILES string of the molecule is O=C1C(=Cc2ccc(O)c(O)c2)SC(=S)N1c1ccccc1. The second kappa shape index (κ2) is 5.82. The Bertz CT molecular complexity index is 787. The number of phenols is 2. The average molecular weight is 329 g/mol. The van der Waals surface area contributed by atoms with E-state index in [1.54, 1.807) is 12.1 Å². The smallest absolute Gasteiger partial charge is 0.270 e. The second-order valence-corrected chi connectivity index (χ2v) is 6.28. The van der Waals surface area contributed by atoms with Crippen molar-refractivity contribution in [3.05, 3.63) is 59.0 Å². The maximum atomic E-state index is 12.5. The van der Waals surface area contributed by atoms with Gasteiger partial charge in [0.1, 0.15) is 0 Å². The van der Waals surface area contributed by atoms with Gasteiger partial charge in [-0.25, -0.2) is 0 Å². The number of thiocarbonyl (C=S) groups is 1. The molecular formula is C16H11NO3S2. The number of carbonyl (C=O) groups excluding carboxylic acids is 1. The molecule has 0 aromatic heterocycles. The largest absolute Gasteiger partial charge is 0.504 e. The third-order valence-corrected chi connectivity index (χ3v) is 4.41. The molecule has 1 heterocycles. The Morgan fingerprint density at radius 2 is 1.77 bits per heavy atom. The van der Waals surface area contributed by atoms with E-state index in [1.165, 1.54) is 28.8 Å². The Morgan fingerprint density at radius 3 is 2.45 bits per heavy atom. The summed E-state index contributed by atoms with van der Waals surface area (Å²) in [4.78, 5) is 14.5. The number of amides is 1. The minimum absolute atomic E-state index is 0.200. The highest BCUT2D eigenvalue weighted by Gasteiger charge is 2.33. The fraction of sp³-hybridized carbons (Fsp3) is 0. The van der Waals surface area contributed by atoms with Crippen molar-refractivity contribution in [2.45, 2.75) is 0 Å². The lowest BCUT2D eigenvalue weighted by molar-refractivity contribution is -0.113. The van der Waals surface area contributed by atoms with Crippen LogP contribution in [0.2, 0.25) is 0 Å². The highest BCUT2D eigenvalue weighted by atomic mass is 32.2. The number of thioether (sulfide) groups is 1. The van der Waals surface area contributed by atoms with E-state index in [9.17, 15) is 15.0 Å². The molecule has 0 aliphatic carbocycles. The number of hydrogen-bond donors (Lipinski definition) is 2. The first-order valence-electron chi connectivity index (χ1n) is 6.41. The summed E-state index contributed by atoms with van der Waals surface area (Å²) < 4.78 is 0.463. The lowest BCUT2D eigenvalue weighted by atomic mass is 10.2. The van der Waals surface area contributed by atoms with Crippen LogP contribution in [-0.4, -0.2) is 20.4 Å². The first-order valence-corrected chi connectivity index (χ1v) is 7.64. The minimum Gasteiger partial charge on any atom is -0.504 e. The molecular weight excluding hydrogens is 318 g/mol. The lowest BCUT2D eigenvalue weighted by Gasteiger charge is -2.13. The minimum atomic E-state index is -0.229. The molecule has 0 spiro atoms. The van der Waals surface area contributed by atoms with E-state index < -0.39 is 0 Å². The van der Waals surface area contributed by atoms with Crippen molar-refractivity contribution in [3.63, 3.8) is 0 Å². The molecule has 1 aliphatic heterocycles. The molecule has 1 saturated heterocycles. The number of anilines is 1. The highest BCUT2D eigenvalue weighted by Crippen LogP contribution is 2.36. The van der Waals surface area contributed by atoms with Crippen molar-refractivity contribution in [2.75, 3.05) is 4.90 Å². The van der Waals surface area contributed by atoms with Crippen LogP contribution in [-0.2, 0) is 4.79 Å². The van der Waals surface area contributed by atoms with E-state index in [1.807, 2.05) is 30.3 Å². The fourth-order valence-electron chi connectivity index (χ4n) is 2.05. The van der Waals surface area contributed by atoms with E-state index in [0.29, 0.717) is 14.8 Å². The number of aromatic hydroxyl groups is 2. The summed E-state index contributed by atoms with van der Waals surface area (Å²) in [7, 11) is 0. The molecule has 22 heavy (non-hydrogen) atoms. The number of phenolic OH excluding ortho intramolecular Hbond substituents is 2. The molecule has 1 fully saturated rings. The lowest BCUT2D eigenvalue weighted by Crippen LogP contribution is -2.27. The van der Waals surface area contributed by atoms with Crippen LogP contribution in [0.3, 0.4) is 0 Å². The van der Waals surface area contributed by atoms with Gasteiger partial charge >= 0.3 is 0 Å². The Labute approximate surface area is 136 Å². The summed E-state index contributed by atoms with van der Waals surface area (Å²) >= 11 is 6.48. The monoisotopic (exact) mass is 329 g/mol. The summed E-state index contributed by atoms with van der Waals surface area (Å²) in [6, 6.07) is 13.6. The van der Waals surface area contributed by atoms with Gasteiger partial charge in [-0.2, -0.15) is 0 Å². The average Bonchev–Trinajstić information content (AvgIpc) is 2.78. The van der Waals surface area contributed by atoms with Crippen molar-refractivity contribution in [2.24, 2.45) is 0 Å². The molecule has 0 saturated carbocycles. The maximum Gasteiger partial charge on any atom is 0.270 e. The molecule has 6 heteroatoms. The quantitative estimate of drug-likeness (QED) is 0.502. The third kappa shape index (κ3) is 2.70. The number of hydrogen-bond acceptors (Lipinski definition) is 5. The van der Waals surface area contributed by atoms with Gasteiger partial charge in [0.15, 0.2) is 15.8 Å². The Morgan fingerprint density at radius 1 is 1.05 bits per heavy atom. The topological polar surface area (TPSA) is 60.8 Å². The molecule has 2 N–H and O–H groups in total. The van der Waals surface area contributed by atoms with Crippen molar-refractivity contribution in [3.8, 4) is 11.5 Å². The van der Waals surface area contributed by atoms with Crippen LogP contribution in [0.15, 0.2) is 53.4 Å². The van der Waals surface area contributed by atoms with Crippen LogP contribution in [0.1, 0.15) is 5.56 Å². The molecule has 1 aliphatic rings. The standard InChI is InChI=1S/C16H11NO3S2/c18-12-7-6-10(8-13(12)19)9-14-15(20)17(16(21)22-14)11-4-2-1-3-5-11/h1-9,18-19H. The molecule has 0 radical (unpaired) electrons. The van der Waals surface area contributed by atoms with E-state index >= 15 is 0 Å². The summed E-state index contributed by atoms with van der Waals surface area (Å²) in [5.74, 6) is -0.630. The van der Waals surface area contributed by atoms with Crippen LogP contribution in [0.25, 0.3) is 6.08 Å². The Balaban J connectivity index is 1.93. The zero-order valence-corrected chi connectivity index (χ0v) is 12.9. The van der Waals surface area contributed by atoms with Crippen molar-refractivity contribution < 1.29 is 15.0 Å². The number of carbonyl (C=O) groups is 1. The highest BCUT2D eigenvalue weighted by molar-refractivity contribution is 8.27. The summed E-state index contributed by atoms with van der Waals surface area (Å²) in [5.41, 5.74) is 1.34. The normalized spacial score (nSPS) is 16.5. The molecule has 0 bridgehead atoms. The zero-order chi connectivity index (χ0) is 15.7. The van der Waals surface area contributed by atoms with Crippen LogP contribution >= 0.6 is 24.0 Å². The van der Waals surface area contributed by atoms with Crippen molar-refractivity contribution in [1.82, 2.24) is 0 Å². The van der Waals surface area contributed by atoms with E-state index in [-0.39, 0.29) is 17.4 Å². The molecule has 3 rings (SSSR count). The van der Waals surface area contributed by atoms with Crippen LogP contribution in [0.4, 0.5) is 5.69 Å². The number of para-hydroxylation sites is 1. The summed E-state index contributed by atoms with van der Waals surface area (Å²) in [5, 5.41) is 18.8. The Hall–Kier alpha value is -2.31. The van der Waals surface area contributed by atoms with Gasteiger partial charge in [0.05, 0.1) is 10.6 Å². The zero-order valence-electron chi connectivity index (χ0n) is 11.3. The molecule has 0 atom stereocenters. The first-order chi connectivity index (χ1) is 10.6. The van der Waals surface area contributed by atoms with Crippen molar-refractivity contribution >= 4 is 46.0 Å². The van der Waals surface area contributed by atoms with Crippen LogP contribution in [0, 0.1) is 0 Å². The van der Waals surface area contributed by atoms with Gasteiger partial charge < -0.3 is 10.2 Å². The third-order valence-electron chi connectivity index (χ3n) is 3.11. The van der Waals surface area contributed by atoms with Crippen LogP contribution < -0.4 is 4.90 Å². The fourth-order valence-corrected chi connectivity index (χ4v) is 3.35. The van der Waals surface area contributed by atoms with Crippen molar-refractivity contribution in [1.29, 1.82) is 0 Å². The number of rotatable bonds is 2. The van der Waals surface area contributed by atoms with Gasteiger partial charge in [-0.3, -0.25) is 9.69 Å². The molecule has 4 nitrogen and oxygen atoms in total. The number of benzene rings is 2. The molecule has 2 aromatic rings. The molecule has 2 aromatic carbocycles. The van der Waals surface area contributed by atoms with Gasteiger partial charge in [-0.15, -0.1) is 0 Å². The predicted octanol–water partition coefficient (Wildman–Crippen LogP) is 3.50. The van der Waals surface area contributed by atoms with Gasteiger partial charge in [0, 0.05) is 0 Å². The summed E-state index contributed by atoms with van der Waals surface area (Å²) in [6.07, 6.45) is 1.64. The van der Waals surface area contributed by atoms with Crippen LogP contribution in [0.5, 0.6) is 11.5 Å². The molecule has 0 unspecified atom stereocenters. The van der Waals surface area contributed by atoms with Gasteiger partial charge in [0.2, 0.25) is 0 Å².